The fourth-order valence-corrected chi connectivity index (χ4v) is 3.95. The Labute approximate surface area is 161 Å². The maximum Gasteiger partial charge on any atom is 0.273 e. The number of aryl methyl sites for hydroxylation is 1. The molecular formula is C18H20ClN5OS. The molecule has 3 N–H and O–H groups in total. The van der Waals surface area contributed by atoms with Crippen molar-refractivity contribution in [2.24, 2.45) is 0 Å². The van der Waals surface area contributed by atoms with Gasteiger partial charge >= 0.3 is 0 Å². The van der Waals surface area contributed by atoms with Gasteiger partial charge in [-0.15, -0.1) is 28.8 Å². The van der Waals surface area contributed by atoms with Crippen LogP contribution in [0.25, 0.3) is 0 Å². The topological polar surface area (TPSA) is 85.8 Å². The predicted molar refractivity (Wildman–Crippen MR) is 105 cm³/mol. The van der Waals surface area contributed by atoms with Gasteiger partial charge < -0.3 is 11.1 Å². The number of nitrogens with zero attached hydrogens (tertiary/aromatic N) is 3. The van der Waals surface area contributed by atoms with Crippen molar-refractivity contribution < 1.29 is 4.79 Å². The molecule has 0 fully saturated rings. The van der Waals surface area contributed by atoms with Crippen molar-refractivity contribution in [3.63, 3.8) is 0 Å². The molecule has 0 bridgehead atoms. The lowest BCUT2D eigenvalue weighted by Gasteiger charge is -2.26. The Morgan fingerprint density at radius 2 is 2.27 bits per heavy atom. The number of nitrogens with one attached hydrogen (secondary N) is 1. The maximum absolute atomic E-state index is 12.6. The van der Waals surface area contributed by atoms with E-state index in [1.54, 1.807) is 22.2 Å². The van der Waals surface area contributed by atoms with Gasteiger partial charge in [0.05, 0.1) is 18.8 Å². The zero-order valence-electron chi connectivity index (χ0n) is 14.1. The molecule has 2 heterocycles. The SMILES string of the molecule is Cl.Nc1ccc2c(c1)CCCC2NC(=O)c1cn(Cc2cccs2)nn1. The van der Waals surface area contributed by atoms with E-state index in [1.807, 2.05) is 35.7 Å². The van der Waals surface area contributed by atoms with E-state index in [-0.39, 0.29) is 24.4 Å². The number of fused-ring (bicyclic) bond motifs is 1. The minimum Gasteiger partial charge on any atom is -0.399 e. The summed E-state index contributed by atoms with van der Waals surface area (Å²) in [5.41, 5.74) is 9.36. The fraction of sp³-hybridized carbons (Fsp3) is 0.278. The number of nitrogen functional groups attached to an aromatic ring is 1. The Bertz CT molecular complexity index is 893. The molecule has 0 aliphatic heterocycles. The highest BCUT2D eigenvalue weighted by Gasteiger charge is 2.23. The van der Waals surface area contributed by atoms with Crippen molar-refractivity contribution in [2.75, 3.05) is 5.73 Å². The Morgan fingerprint density at radius 3 is 3.08 bits per heavy atom. The molecular weight excluding hydrogens is 370 g/mol. The standard InChI is InChI=1S/C18H19N5OS.ClH/c19-13-6-7-15-12(9-13)3-1-5-16(15)20-18(24)17-11-23(22-21-17)10-14-4-2-8-25-14;/h2,4,6-9,11,16H,1,3,5,10,19H2,(H,20,24);1H. The van der Waals surface area contributed by atoms with Crippen LogP contribution in [0, 0.1) is 0 Å². The van der Waals surface area contributed by atoms with Crippen LogP contribution in [0.3, 0.4) is 0 Å². The molecule has 1 aliphatic carbocycles. The number of hydrogen-bond acceptors (Lipinski definition) is 5. The number of carbonyl (C=O) groups is 1. The highest BCUT2D eigenvalue weighted by atomic mass is 35.5. The van der Waals surface area contributed by atoms with Crippen LogP contribution in [0.2, 0.25) is 0 Å². The van der Waals surface area contributed by atoms with Gasteiger partial charge in [0, 0.05) is 10.6 Å². The number of nitrogens with two attached hydrogens (primary N) is 1. The van der Waals surface area contributed by atoms with Gasteiger partial charge in [-0.25, -0.2) is 4.68 Å². The van der Waals surface area contributed by atoms with Crippen LogP contribution in [0.15, 0.2) is 41.9 Å². The van der Waals surface area contributed by atoms with Crippen LogP contribution >= 0.6 is 23.7 Å². The van der Waals surface area contributed by atoms with E-state index in [2.05, 4.69) is 15.6 Å². The average molecular weight is 390 g/mol. The molecule has 136 valence electrons. The first-order valence-electron chi connectivity index (χ1n) is 8.31. The minimum absolute atomic E-state index is 0. The lowest BCUT2D eigenvalue weighted by Crippen LogP contribution is -2.31. The number of anilines is 1. The summed E-state index contributed by atoms with van der Waals surface area (Å²) in [7, 11) is 0. The van der Waals surface area contributed by atoms with Gasteiger partial charge in [0.15, 0.2) is 5.69 Å². The lowest BCUT2D eigenvalue weighted by atomic mass is 9.87. The molecule has 2 aromatic heterocycles. The van der Waals surface area contributed by atoms with Gasteiger partial charge in [-0.05, 0) is 54.0 Å². The van der Waals surface area contributed by atoms with Crippen molar-refractivity contribution in [3.05, 3.63) is 63.6 Å². The molecule has 1 atom stereocenters. The number of aromatic nitrogens is 3. The molecule has 3 aromatic rings. The molecule has 1 unspecified atom stereocenters. The summed E-state index contributed by atoms with van der Waals surface area (Å²) < 4.78 is 1.69. The second-order valence-corrected chi connectivity index (χ2v) is 7.29. The monoisotopic (exact) mass is 389 g/mol. The lowest BCUT2D eigenvalue weighted by molar-refractivity contribution is 0.0927. The normalized spacial score (nSPS) is 15.8. The van der Waals surface area contributed by atoms with Crippen LogP contribution in [0.5, 0.6) is 0 Å². The summed E-state index contributed by atoms with van der Waals surface area (Å²) in [4.78, 5) is 13.7. The third kappa shape index (κ3) is 3.89. The van der Waals surface area contributed by atoms with E-state index in [0.717, 1.165) is 30.5 Å². The fourth-order valence-electron chi connectivity index (χ4n) is 3.26. The molecule has 1 aromatic carbocycles. The van der Waals surface area contributed by atoms with Crippen molar-refractivity contribution in [1.82, 2.24) is 20.3 Å². The van der Waals surface area contributed by atoms with Crippen LogP contribution in [-0.2, 0) is 13.0 Å². The first-order chi connectivity index (χ1) is 12.2. The quantitative estimate of drug-likeness (QED) is 0.671. The molecule has 0 saturated heterocycles. The van der Waals surface area contributed by atoms with Gasteiger partial charge in [-0.2, -0.15) is 0 Å². The van der Waals surface area contributed by atoms with Crippen molar-refractivity contribution in [3.8, 4) is 0 Å². The number of carbonyl (C=O) groups excluding carboxylic acids is 1. The molecule has 4 rings (SSSR count). The number of amides is 1. The summed E-state index contributed by atoms with van der Waals surface area (Å²) in [6.45, 7) is 0.628. The van der Waals surface area contributed by atoms with E-state index in [1.165, 1.54) is 10.4 Å². The van der Waals surface area contributed by atoms with E-state index in [9.17, 15) is 4.79 Å². The number of hydrogen-bond donors (Lipinski definition) is 2. The molecule has 0 radical (unpaired) electrons. The summed E-state index contributed by atoms with van der Waals surface area (Å²) >= 11 is 1.66. The van der Waals surface area contributed by atoms with Gasteiger partial charge in [0.25, 0.3) is 5.91 Å². The zero-order chi connectivity index (χ0) is 17.2. The molecule has 8 heteroatoms. The molecule has 1 aliphatic rings. The molecule has 1 amide bonds. The maximum atomic E-state index is 12.6. The van der Waals surface area contributed by atoms with Gasteiger partial charge in [0.2, 0.25) is 0 Å². The summed E-state index contributed by atoms with van der Waals surface area (Å²) in [5, 5.41) is 13.2. The van der Waals surface area contributed by atoms with Gasteiger partial charge in [-0.1, -0.05) is 17.3 Å². The first-order valence-corrected chi connectivity index (χ1v) is 9.19. The molecule has 26 heavy (non-hydrogen) atoms. The van der Waals surface area contributed by atoms with E-state index >= 15 is 0 Å². The number of rotatable bonds is 4. The van der Waals surface area contributed by atoms with E-state index < -0.39 is 0 Å². The predicted octanol–water partition coefficient (Wildman–Crippen LogP) is 3.20. The minimum atomic E-state index is -0.188. The van der Waals surface area contributed by atoms with E-state index in [0.29, 0.717) is 12.2 Å². The third-order valence-corrected chi connectivity index (χ3v) is 5.32. The van der Waals surface area contributed by atoms with Crippen LogP contribution in [-0.4, -0.2) is 20.9 Å². The van der Waals surface area contributed by atoms with Crippen LogP contribution in [0.1, 0.15) is 45.4 Å². The van der Waals surface area contributed by atoms with Crippen molar-refractivity contribution >= 4 is 35.3 Å². The Morgan fingerprint density at radius 1 is 1.38 bits per heavy atom. The molecule has 0 saturated carbocycles. The largest absolute Gasteiger partial charge is 0.399 e. The summed E-state index contributed by atoms with van der Waals surface area (Å²) in [5.74, 6) is -0.188. The van der Waals surface area contributed by atoms with Crippen LogP contribution in [0.4, 0.5) is 5.69 Å². The molecule has 6 nitrogen and oxygen atoms in total. The Hall–Kier alpha value is -2.38. The number of thiophene rings is 1. The second kappa shape index (κ2) is 7.88. The smallest absolute Gasteiger partial charge is 0.273 e. The highest BCUT2D eigenvalue weighted by molar-refractivity contribution is 7.09. The highest BCUT2D eigenvalue weighted by Crippen LogP contribution is 2.31. The first kappa shape index (κ1) is 18.4. The second-order valence-electron chi connectivity index (χ2n) is 6.26. The summed E-state index contributed by atoms with van der Waals surface area (Å²) in [6, 6.07) is 9.95. The van der Waals surface area contributed by atoms with Crippen molar-refractivity contribution in [1.29, 1.82) is 0 Å². The number of halogens is 1. The number of benzene rings is 1. The van der Waals surface area contributed by atoms with Crippen molar-refractivity contribution in [2.45, 2.75) is 31.8 Å². The Balaban J connectivity index is 0.00000196. The van der Waals surface area contributed by atoms with Crippen LogP contribution < -0.4 is 11.1 Å². The zero-order valence-corrected chi connectivity index (χ0v) is 15.7. The van der Waals surface area contributed by atoms with Gasteiger partial charge in [-0.3, -0.25) is 4.79 Å². The Kier molecular flexibility index (Phi) is 5.58. The van der Waals surface area contributed by atoms with E-state index in [4.69, 9.17) is 5.73 Å². The van der Waals surface area contributed by atoms with Gasteiger partial charge in [0.1, 0.15) is 0 Å². The summed E-state index contributed by atoms with van der Waals surface area (Å²) in [6.07, 6.45) is 4.66. The third-order valence-electron chi connectivity index (χ3n) is 4.46. The molecule has 0 spiro atoms. The average Bonchev–Trinajstić information content (AvgIpc) is 3.27.